The minimum Gasteiger partial charge on any atom is -0.469 e. The standard InChI is InChI=1S/C13H26O3Si/c1-13(2,3)17(5,6)16-11-9-7-8-10(11)12(14)15-4/h10-11H,7-9H2,1-6H3/t10-,11+/m1/s1. The van der Waals surface area contributed by atoms with Gasteiger partial charge in [-0.15, -0.1) is 0 Å². The molecule has 0 radical (unpaired) electrons. The molecule has 0 N–H and O–H groups in total. The van der Waals surface area contributed by atoms with Crippen molar-refractivity contribution in [3.05, 3.63) is 0 Å². The molecule has 1 aliphatic carbocycles. The van der Waals surface area contributed by atoms with Crippen molar-refractivity contribution in [1.82, 2.24) is 0 Å². The van der Waals surface area contributed by atoms with Gasteiger partial charge in [0, 0.05) is 0 Å². The Labute approximate surface area is 106 Å². The third kappa shape index (κ3) is 3.32. The molecular formula is C13H26O3Si. The molecule has 1 rings (SSSR count). The van der Waals surface area contributed by atoms with Crippen molar-refractivity contribution >= 4 is 14.3 Å². The van der Waals surface area contributed by atoms with E-state index in [0.717, 1.165) is 19.3 Å². The first-order valence-electron chi connectivity index (χ1n) is 6.44. The molecule has 1 fully saturated rings. The Kier molecular flexibility index (Phi) is 4.41. The number of hydrogen-bond donors (Lipinski definition) is 0. The lowest BCUT2D eigenvalue weighted by molar-refractivity contribution is -0.147. The third-order valence-electron chi connectivity index (χ3n) is 4.21. The zero-order valence-electron chi connectivity index (χ0n) is 12.0. The molecule has 0 unspecified atom stereocenters. The highest BCUT2D eigenvalue weighted by atomic mass is 28.4. The Morgan fingerprint density at radius 1 is 1.24 bits per heavy atom. The number of carbonyl (C=O) groups excluding carboxylic acids is 1. The fraction of sp³-hybridized carbons (Fsp3) is 0.923. The lowest BCUT2D eigenvalue weighted by Crippen LogP contribution is -2.45. The van der Waals surface area contributed by atoms with Crippen LogP contribution >= 0.6 is 0 Å². The van der Waals surface area contributed by atoms with E-state index in [4.69, 9.17) is 9.16 Å². The van der Waals surface area contributed by atoms with Gasteiger partial charge in [0.2, 0.25) is 0 Å². The van der Waals surface area contributed by atoms with Gasteiger partial charge in [0.1, 0.15) is 0 Å². The molecule has 1 saturated carbocycles. The SMILES string of the molecule is COC(=O)[C@@H]1CCC[C@@H]1O[Si](C)(C)C(C)(C)C. The summed E-state index contributed by atoms with van der Waals surface area (Å²) in [5.74, 6) is -0.152. The summed E-state index contributed by atoms with van der Waals surface area (Å²) in [6, 6.07) is 0. The first kappa shape index (κ1) is 14.7. The molecule has 0 aromatic rings. The van der Waals surface area contributed by atoms with Gasteiger partial charge in [0.25, 0.3) is 0 Å². The Morgan fingerprint density at radius 2 is 1.82 bits per heavy atom. The van der Waals surface area contributed by atoms with Gasteiger partial charge in [-0.05, 0) is 37.4 Å². The fourth-order valence-corrected chi connectivity index (χ4v) is 3.44. The molecule has 0 spiro atoms. The number of hydrogen-bond acceptors (Lipinski definition) is 3. The lowest BCUT2D eigenvalue weighted by Gasteiger charge is -2.39. The summed E-state index contributed by atoms with van der Waals surface area (Å²) in [7, 11) is -0.316. The van der Waals surface area contributed by atoms with E-state index in [9.17, 15) is 4.79 Å². The van der Waals surface area contributed by atoms with Crippen LogP contribution in [0, 0.1) is 5.92 Å². The summed E-state index contributed by atoms with van der Waals surface area (Å²) in [5.41, 5.74) is 0. The Balaban J connectivity index is 2.71. The summed E-state index contributed by atoms with van der Waals surface area (Å²) < 4.78 is 11.2. The molecule has 0 heterocycles. The normalized spacial score (nSPS) is 26.0. The average Bonchev–Trinajstić information content (AvgIpc) is 2.62. The molecule has 0 aliphatic heterocycles. The summed E-state index contributed by atoms with van der Waals surface area (Å²) in [5, 5.41) is 0.191. The van der Waals surface area contributed by atoms with Crippen molar-refractivity contribution in [3.8, 4) is 0 Å². The smallest absolute Gasteiger partial charge is 0.311 e. The van der Waals surface area contributed by atoms with Gasteiger partial charge in [0.15, 0.2) is 8.32 Å². The van der Waals surface area contributed by atoms with Crippen LogP contribution in [-0.4, -0.2) is 27.5 Å². The topological polar surface area (TPSA) is 35.5 Å². The van der Waals surface area contributed by atoms with E-state index in [1.54, 1.807) is 0 Å². The van der Waals surface area contributed by atoms with Gasteiger partial charge in [-0.1, -0.05) is 20.8 Å². The third-order valence-corrected chi connectivity index (χ3v) is 8.71. The number of methoxy groups -OCH3 is 1. The Morgan fingerprint density at radius 3 is 2.29 bits per heavy atom. The predicted molar refractivity (Wildman–Crippen MR) is 71.4 cm³/mol. The summed E-state index contributed by atoms with van der Waals surface area (Å²) in [6.45, 7) is 11.1. The van der Waals surface area contributed by atoms with Crippen molar-refractivity contribution in [2.24, 2.45) is 5.92 Å². The zero-order valence-corrected chi connectivity index (χ0v) is 13.0. The minimum absolute atomic E-state index is 0.0471. The summed E-state index contributed by atoms with van der Waals surface area (Å²) in [6.07, 6.45) is 3.04. The van der Waals surface area contributed by atoms with Crippen LogP contribution in [0.5, 0.6) is 0 Å². The monoisotopic (exact) mass is 258 g/mol. The molecule has 3 nitrogen and oxygen atoms in total. The fourth-order valence-electron chi connectivity index (χ4n) is 2.04. The average molecular weight is 258 g/mol. The number of ether oxygens (including phenoxy) is 1. The maximum absolute atomic E-state index is 11.7. The molecule has 17 heavy (non-hydrogen) atoms. The van der Waals surface area contributed by atoms with Gasteiger partial charge in [0.05, 0.1) is 19.1 Å². The number of rotatable bonds is 3. The quantitative estimate of drug-likeness (QED) is 0.575. The van der Waals surface area contributed by atoms with E-state index in [0.29, 0.717) is 0 Å². The van der Waals surface area contributed by atoms with Crippen molar-refractivity contribution in [1.29, 1.82) is 0 Å². The van der Waals surface area contributed by atoms with Crippen LogP contribution in [0.4, 0.5) is 0 Å². The molecule has 0 amide bonds. The van der Waals surface area contributed by atoms with E-state index in [1.807, 2.05) is 0 Å². The van der Waals surface area contributed by atoms with Crippen molar-refractivity contribution in [2.45, 2.75) is 64.3 Å². The highest BCUT2D eigenvalue weighted by Gasteiger charge is 2.43. The molecule has 0 aromatic carbocycles. The van der Waals surface area contributed by atoms with Crippen molar-refractivity contribution in [2.75, 3.05) is 7.11 Å². The molecular weight excluding hydrogens is 232 g/mol. The van der Waals surface area contributed by atoms with Gasteiger partial charge in [-0.25, -0.2) is 0 Å². The van der Waals surface area contributed by atoms with Crippen LogP contribution < -0.4 is 0 Å². The van der Waals surface area contributed by atoms with Gasteiger partial charge >= 0.3 is 5.97 Å². The Hall–Kier alpha value is -0.353. The van der Waals surface area contributed by atoms with E-state index < -0.39 is 8.32 Å². The number of esters is 1. The second-order valence-corrected chi connectivity index (χ2v) is 11.2. The van der Waals surface area contributed by atoms with E-state index in [-0.39, 0.29) is 23.0 Å². The van der Waals surface area contributed by atoms with Crippen LogP contribution in [0.2, 0.25) is 18.1 Å². The second kappa shape index (κ2) is 5.10. The predicted octanol–water partition coefficient (Wildman–Crippen LogP) is 3.35. The van der Waals surface area contributed by atoms with Gasteiger partial charge in [-0.3, -0.25) is 4.79 Å². The molecule has 0 bridgehead atoms. The highest BCUT2D eigenvalue weighted by Crippen LogP contribution is 2.40. The molecule has 0 aromatic heterocycles. The van der Waals surface area contributed by atoms with Gasteiger partial charge < -0.3 is 9.16 Å². The van der Waals surface area contributed by atoms with Crippen LogP contribution in [-0.2, 0) is 14.0 Å². The molecule has 0 saturated heterocycles. The maximum atomic E-state index is 11.7. The van der Waals surface area contributed by atoms with Crippen LogP contribution in [0.25, 0.3) is 0 Å². The summed E-state index contributed by atoms with van der Waals surface area (Å²) in [4.78, 5) is 11.7. The van der Waals surface area contributed by atoms with E-state index in [1.165, 1.54) is 7.11 Å². The van der Waals surface area contributed by atoms with Crippen LogP contribution in [0.1, 0.15) is 40.0 Å². The molecule has 2 atom stereocenters. The maximum Gasteiger partial charge on any atom is 0.311 e. The first-order chi connectivity index (χ1) is 7.69. The zero-order chi connectivity index (χ0) is 13.3. The highest BCUT2D eigenvalue weighted by molar-refractivity contribution is 6.74. The molecule has 100 valence electrons. The second-order valence-electron chi connectivity index (χ2n) is 6.48. The largest absolute Gasteiger partial charge is 0.469 e. The number of carbonyl (C=O) groups is 1. The molecule has 1 aliphatic rings. The lowest BCUT2D eigenvalue weighted by atomic mass is 10.1. The first-order valence-corrected chi connectivity index (χ1v) is 9.35. The minimum atomic E-state index is -1.78. The van der Waals surface area contributed by atoms with Crippen molar-refractivity contribution in [3.63, 3.8) is 0 Å². The molecule has 4 heteroatoms. The Bertz CT molecular complexity index is 281. The van der Waals surface area contributed by atoms with Crippen LogP contribution in [0.15, 0.2) is 0 Å². The van der Waals surface area contributed by atoms with Crippen LogP contribution in [0.3, 0.4) is 0 Å². The van der Waals surface area contributed by atoms with Gasteiger partial charge in [-0.2, -0.15) is 0 Å². The summed E-state index contributed by atoms with van der Waals surface area (Å²) >= 11 is 0. The van der Waals surface area contributed by atoms with Crippen molar-refractivity contribution < 1.29 is 14.0 Å². The van der Waals surface area contributed by atoms with E-state index in [2.05, 4.69) is 33.9 Å². The van der Waals surface area contributed by atoms with E-state index >= 15 is 0 Å².